The van der Waals surface area contributed by atoms with Gasteiger partial charge in [-0.2, -0.15) is 0 Å². The van der Waals surface area contributed by atoms with Crippen molar-refractivity contribution in [3.8, 4) is 5.75 Å². The van der Waals surface area contributed by atoms with Gasteiger partial charge in [-0.3, -0.25) is 9.59 Å². The lowest BCUT2D eigenvalue weighted by Gasteiger charge is -2.25. The fourth-order valence-corrected chi connectivity index (χ4v) is 3.59. The molecule has 0 unspecified atom stereocenters. The number of benzene rings is 2. The highest BCUT2D eigenvalue weighted by Crippen LogP contribution is 2.39. The van der Waals surface area contributed by atoms with Gasteiger partial charge in [0.1, 0.15) is 11.5 Å². The summed E-state index contributed by atoms with van der Waals surface area (Å²) in [7, 11) is 0. The largest absolute Gasteiger partial charge is 0.507 e. The van der Waals surface area contributed by atoms with Crippen LogP contribution in [0.25, 0.3) is 5.76 Å². The Labute approximate surface area is 185 Å². The van der Waals surface area contributed by atoms with Crippen LogP contribution in [0.3, 0.4) is 0 Å². The number of aliphatic hydroxyl groups excluding tert-OH is 2. The number of hydrogen-bond acceptors (Lipinski definition) is 6. The molecule has 0 bridgehead atoms. The van der Waals surface area contributed by atoms with Crippen molar-refractivity contribution in [3.63, 3.8) is 0 Å². The predicted octanol–water partition coefficient (Wildman–Crippen LogP) is 3.17. The number of ketones is 1. The second-order valence-electron chi connectivity index (χ2n) is 6.84. The van der Waals surface area contributed by atoms with Gasteiger partial charge in [0.2, 0.25) is 0 Å². The Morgan fingerprint density at radius 1 is 1.06 bits per heavy atom. The van der Waals surface area contributed by atoms with Crippen LogP contribution in [0.1, 0.15) is 24.1 Å². The Kier molecular flexibility index (Phi) is 7.68. The molecular formula is C23H24ClNO6. The SMILES string of the molecule is CCOc1ccc(C(O)=C2C(=O)C(=O)N(CCOCCO)[C@H]2c2ccc(Cl)cc2)cc1. The lowest BCUT2D eigenvalue weighted by atomic mass is 9.95. The van der Waals surface area contributed by atoms with Crippen molar-refractivity contribution in [3.05, 3.63) is 70.3 Å². The summed E-state index contributed by atoms with van der Waals surface area (Å²) in [4.78, 5) is 27.0. The van der Waals surface area contributed by atoms with Gasteiger partial charge < -0.3 is 24.6 Å². The monoisotopic (exact) mass is 445 g/mol. The number of carbonyl (C=O) groups is 2. The zero-order valence-corrected chi connectivity index (χ0v) is 17.8. The van der Waals surface area contributed by atoms with Crippen LogP contribution >= 0.6 is 11.6 Å². The molecule has 0 spiro atoms. The minimum atomic E-state index is -0.790. The van der Waals surface area contributed by atoms with Crippen LogP contribution in [0.4, 0.5) is 0 Å². The zero-order chi connectivity index (χ0) is 22.4. The molecule has 0 aliphatic carbocycles. The highest BCUT2D eigenvalue weighted by atomic mass is 35.5. The summed E-state index contributed by atoms with van der Waals surface area (Å²) in [5.74, 6) is -1.12. The molecule has 2 N–H and O–H groups in total. The van der Waals surface area contributed by atoms with Crippen molar-refractivity contribution in [2.24, 2.45) is 0 Å². The van der Waals surface area contributed by atoms with Gasteiger partial charge in [0.05, 0.1) is 38.0 Å². The average molecular weight is 446 g/mol. The fourth-order valence-electron chi connectivity index (χ4n) is 3.46. The Hall–Kier alpha value is -2.87. The number of rotatable bonds is 9. The summed E-state index contributed by atoms with van der Waals surface area (Å²) in [6, 6.07) is 12.6. The van der Waals surface area contributed by atoms with Crippen molar-refractivity contribution in [1.82, 2.24) is 4.90 Å². The number of Topliss-reactive ketones (excluding diaryl/α,β-unsaturated/α-hetero) is 1. The van der Waals surface area contributed by atoms with E-state index in [0.717, 1.165) is 0 Å². The minimum Gasteiger partial charge on any atom is -0.507 e. The normalized spacial score (nSPS) is 17.9. The van der Waals surface area contributed by atoms with Crippen molar-refractivity contribution in [2.45, 2.75) is 13.0 Å². The maximum atomic E-state index is 12.9. The van der Waals surface area contributed by atoms with Gasteiger partial charge in [-0.25, -0.2) is 0 Å². The minimum absolute atomic E-state index is 0.00126. The van der Waals surface area contributed by atoms with Crippen LogP contribution < -0.4 is 4.74 Å². The number of amides is 1. The Balaban J connectivity index is 2.02. The number of carbonyl (C=O) groups excluding carboxylic acids is 2. The van der Waals surface area contributed by atoms with Gasteiger partial charge in [-0.1, -0.05) is 23.7 Å². The highest BCUT2D eigenvalue weighted by Gasteiger charge is 2.45. The van der Waals surface area contributed by atoms with Gasteiger partial charge in [-0.15, -0.1) is 0 Å². The van der Waals surface area contributed by atoms with Gasteiger partial charge >= 0.3 is 0 Å². The smallest absolute Gasteiger partial charge is 0.295 e. The molecule has 1 saturated heterocycles. The van der Waals surface area contributed by atoms with E-state index in [9.17, 15) is 14.7 Å². The second kappa shape index (κ2) is 10.4. The first kappa shape index (κ1) is 22.8. The van der Waals surface area contributed by atoms with Crippen molar-refractivity contribution in [1.29, 1.82) is 0 Å². The first-order valence-electron chi connectivity index (χ1n) is 9.93. The van der Waals surface area contributed by atoms with Gasteiger partial charge in [0.15, 0.2) is 0 Å². The summed E-state index contributed by atoms with van der Waals surface area (Å²) in [5.41, 5.74) is 1.04. The summed E-state index contributed by atoms with van der Waals surface area (Å²) in [6.07, 6.45) is 0. The van der Waals surface area contributed by atoms with Crippen LogP contribution in [0.5, 0.6) is 5.75 Å². The molecule has 1 fully saturated rings. The molecule has 0 saturated carbocycles. The molecule has 0 aromatic heterocycles. The molecule has 2 aromatic carbocycles. The number of ether oxygens (including phenoxy) is 2. The fraction of sp³-hybridized carbons (Fsp3) is 0.304. The Morgan fingerprint density at radius 3 is 2.35 bits per heavy atom. The molecule has 7 nitrogen and oxygen atoms in total. The van der Waals surface area contributed by atoms with Gasteiger partial charge in [0.25, 0.3) is 11.7 Å². The third-order valence-corrected chi connectivity index (χ3v) is 5.13. The lowest BCUT2D eigenvalue weighted by molar-refractivity contribution is -0.140. The third-order valence-electron chi connectivity index (χ3n) is 4.88. The van der Waals surface area contributed by atoms with E-state index >= 15 is 0 Å². The summed E-state index contributed by atoms with van der Waals surface area (Å²) < 4.78 is 10.7. The van der Waals surface area contributed by atoms with Crippen LogP contribution in [0.2, 0.25) is 5.02 Å². The summed E-state index contributed by atoms with van der Waals surface area (Å²) in [5, 5.41) is 20.4. The lowest BCUT2D eigenvalue weighted by Crippen LogP contribution is -2.33. The van der Waals surface area contributed by atoms with E-state index in [4.69, 9.17) is 26.2 Å². The van der Waals surface area contributed by atoms with Crippen LogP contribution in [0.15, 0.2) is 54.1 Å². The number of halogens is 1. The van der Waals surface area contributed by atoms with Crippen molar-refractivity contribution >= 4 is 29.1 Å². The van der Waals surface area contributed by atoms with Crippen LogP contribution in [-0.4, -0.2) is 59.8 Å². The Morgan fingerprint density at radius 2 is 1.74 bits per heavy atom. The molecule has 3 rings (SSSR count). The molecule has 1 heterocycles. The van der Waals surface area contributed by atoms with E-state index < -0.39 is 17.7 Å². The number of hydrogen-bond donors (Lipinski definition) is 2. The van der Waals surface area contributed by atoms with Gasteiger partial charge in [0, 0.05) is 17.1 Å². The Bertz CT molecular complexity index is 955. The summed E-state index contributed by atoms with van der Waals surface area (Å²) >= 11 is 6.00. The first-order valence-corrected chi connectivity index (χ1v) is 10.3. The first-order chi connectivity index (χ1) is 15.0. The quantitative estimate of drug-likeness (QED) is 0.266. The number of aliphatic hydroxyl groups is 2. The molecule has 8 heteroatoms. The maximum Gasteiger partial charge on any atom is 0.295 e. The molecule has 1 aliphatic heterocycles. The van der Waals surface area contributed by atoms with E-state index in [-0.39, 0.29) is 37.7 Å². The molecule has 2 aromatic rings. The molecule has 0 radical (unpaired) electrons. The molecule has 1 atom stereocenters. The topological polar surface area (TPSA) is 96.3 Å². The molecule has 1 aliphatic rings. The van der Waals surface area contributed by atoms with E-state index in [2.05, 4.69) is 0 Å². The molecule has 164 valence electrons. The highest BCUT2D eigenvalue weighted by molar-refractivity contribution is 6.46. The summed E-state index contributed by atoms with van der Waals surface area (Å²) in [6.45, 7) is 2.62. The third kappa shape index (κ3) is 5.07. The van der Waals surface area contributed by atoms with E-state index in [0.29, 0.717) is 28.5 Å². The van der Waals surface area contributed by atoms with E-state index in [1.165, 1.54) is 4.90 Å². The molecular weight excluding hydrogens is 422 g/mol. The number of nitrogens with zero attached hydrogens (tertiary/aromatic N) is 1. The second-order valence-corrected chi connectivity index (χ2v) is 7.27. The van der Waals surface area contributed by atoms with Crippen LogP contribution in [-0.2, 0) is 14.3 Å². The van der Waals surface area contributed by atoms with E-state index in [1.807, 2.05) is 6.92 Å². The van der Waals surface area contributed by atoms with Crippen LogP contribution in [0, 0.1) is 0 Å². The maximum absolute atomic E-state index is 12.9. The standard InChI is InChI=1S/C23H24ClNO6/c1-2-31-18-9-5-16(6-10-18)21(27)19-20(15-3-7-17(24)8-4-15)25(23(29)22(19)28)11-13-30-14-12-26/h3-10,20,26-27H,2,11-14H2,1H3/t20-/m0/s1. The van der Waals surface area contributed by atoms with E-state index in [1.54, 1.807) is 48.5 Å². The van der Waals surface area contributed by atoms with Crippen molar-refractivity contribution < 1.29 is 29.3 Å². The zero-order valence-electron chi connectivity index (χ0n) is 17.1. The number of likely N-dealkylation sites (tertiary alicyclic amines) is 1. The van der Waals surface area contributed by atoms with Crippen molar-refractivity contribution in [2.75, 3.05) is 33.0 Å². The molecule has 1 amide bonds. The molecule has 31 heavy (non-hydrogen) atoms. The predicted molar refractivity (Wildman–Crippen MR) is 116 cm³/mol. The average Bonchev–Trinajstić information content (AvgIpc) is 3.02. The van der Waals surface area contributed by atoms with Gasteiger partial charge in [-0.05, 0) is 48.9 Å².